The molecule has 1 aliphatic carbocycles. The fourth-order valence-electron chi connectivity index (χ4n) is 4.78. The van der Waals surface area contributed by atoms with Crippen LogP contribution >= 0.6 is 0 Å². The number of hydrogen-bond acceptors (Lipinski definition) is 3. The van der Waals surface area contributed by atoms with E-state index in [1.807, 2.05) is 60.7 Å². The lowest BCUT2D eigenvalue weighted by Gasteiger charge is -2.46. The van der Waals surface area contributed by atoms with Crippen LogP contribution in [0, 0.1) is 5.92 Å². The number of furan rings is 1. The molecule has 1 saturated carbocycles. The van der Waals surface area contributed by atoms with Gasteiger partial charge in [-0.1, -0.05) is 73.5 Å². The van der Waals surface area contributed by atoms with Gasteiger partial charge in [0.15, 0.2) is 5.76 Å². The van der Waals surface area contributed by atoms with Crippen molar-refractivity contribution in [2.24, 2.45) is 11.7 Å². The highest BCUT2D eigenvalue weighted by Gasteiger charge is 2.53. The van der Waals surface area contributed by atoms with Crippen molar-refractivity contribution < 1.29 is 14.0 Å². The lowest BCUT2D eigenvalue weighted by atomic mass is 9.74. The van der Waals surface area contributed by atoms with Gasteiger partial charge >= 0.3 is 0 Å². The first kappa shape index (κ1) is 20.0. The second-order valence-corrected chi connectivity index (χ2v) is 7.83. The van der Waals surface area contributed by atoms with E-state index in [4.69, 9.17) is 10.2 Å². The van der Waals surface area contributed by atoms with Crippen LogP contribution in [0.25, 0.3) is 0 Å². The van der Waals surface area contributed by atoms with Gasteiger partial charge < -0.3 is 15.1 Å². The number of rotatable bonds is 7. The Labute approximate surface area is 176 Å². The maximum Gasteiger partial charge on any atom is 0.291 e. The highest BCUT2D eigenvalue weighted by atomic mass is 16.3. The van der Waals surface area contributed by atoms with E-state index in [9.17, 15) is 9.59 Å². The Morgan fingerprint density at radius 3 is 2.13 bits per heavy atom. The predicted octanol–water partition coefficient (Wildman–Crippen LogP) is 4.49. The SMILES string of the molecule is NC(=O)C(c1ccccc1)(C1CCCC1)N(Cc1ccccc1)C(=O)c1ccco1. The molecule has 1 aliphatic rings. The van der Waals surface area contributed by atoms with E-state index in [1.54, 1.807) is 17.0 Å². The molecule has 5 heteroatoms. The number of benzene rings is 2. The van der Waals surface area contributed by atoms with Crippen molar-refractivity contribution in [2.45, 2.75) is 37.8 Å². The number of nitrogens with zero attached hydrogens (tertiary/aromatic N) is 1. The van der Waals surface area contributed by atoms with Crippen molar-refractivity contribution in [3.05, 3.63) is 95.9 Å². The van der Waals surface area contributed by atoms with Crippen LogP contribution < -0.4 is 5.73 Å². The zero-order chi connectivity index (χ0) is 21.0. The van der Waals surface area contributed by atoms with Gasteiger partial charge in [-0.25, -0.2) is 0 Å². The molecule has 1 fully saturated rings. The minimum Gasteiger partial charge on any atom is -0.459 e. The Morgan fingerprint density at radius 2 is 1.57 bits per heavy atom. The molecule has 0 bridgehead atoms. The summed E-state index contributed by atoms with van der Waals surface area (Å²) in [5.41, 5.74) is 6.59. The average molecular weight is 402 g/mol. The number of nitrogens with two attached hydrogens (primary N) is 1. The Balaban J connectivity index is 1.92. The summed E-state index contributed by atoms with van der Waals surface area (Å²) in [4.78, 5) is 28.7. The van der Waals surface area contributed by atoms with Gasteiger partial charge in [-0.3, -0.25) is 9.59 Å². The summed E-state index contributed by atoms with van der Waals surface area (Å²) >= 11 is 0. The third-order valence-electron chi connectivity index (χ3n) is 6.12. The zero-order valence-electron chi connectivity index (χ0n) is 16.9. The zero-order valence-corrected chi connectivity index (χ0v) is 16.9. The van der Waals surface area contributed by atoms with E-state index >= 15 is 0 Å². The van der Waals surface area contributed by atoms with Crippen molar-refractivity contribution in [1.82, 2.24) is 4.90 Å². The number of amides is 2. The van der Waals surface area contributed by atoms with Crippen LogP contribution in [0.5, 0.6) is 0 Å². The van der Waals surface area contributed by atoms with Gasteiger partial charge in [-0.15, -0.1) is 0 Å². The van der Waals surface area contributed by atoms with Crippen molar-refractivity contribution in [3.8, 4) is 0 Å². The molecule has 5 nitrogen and oxygen atoms in total. The largest absolute Gasteiger partial charge is 0.459 e. The first-order valence-electron chi connectivity index (χ1n) is 10.4. The van der Waals surface area contributed by atoms with Crippen molar-refractivity contribution in [1.29, 1.82) is 0 Å². The minimum atomic E-state index is -1.25. The summed E-state index contributed by atoms with van der Waals surface area (Å²) in [6.45, 7) is 0.259. The molecule has 0 radical (unpaired) electrons. The highest BCUT2D eigenvalue weighted by Crippen LogP contribution is 2.46. The molecule has 4 rings (SSSR count). The molecule has 0 aliphatic heterocycles. The summed E-state index contributed by atoms with van der Waals surface area (Å²) in [7, 11) is 0. The molecule has 1 unspecified atom stereocenters. The van der Waals surface area contributed by atoms with Gasteiger partial charge in [0.2, 0.25) is 5.91 Å². The van der Waals surface area contributed by atoms with Crippen LogP contribution in [0.15, 0.2) is 83.5 Å². The standard InChI is InChI=1S/C25H26N2O3/c26-24(29)25(21-14-7-8-15-21,20-12-5-2-6-13-20)27(18-19-10-3-1-4-11-19)23(28)22-16-9-17-30-22/h1-6,9-13,16-17,21H,7-8,14-15,18H2,(H2,26,29). The molecule has 1 atom stereocenters. The van der Waals surface area contributed by atoms with E-state index in [-0.39, 0.29) is 24.1 Å². The Hall–Kier alpha value is -3.34. The smallest absolute Gasteiger partial charge is 0.291 e. The molecule has 0 saturated heterocycles. The predicted molar refractivity (Wildman–Crippen MR) is 114 cm³/mol. The van der Waals surface area contributed by atoms with Crippen molar-refractivity contribution in [3.63, 3.8) is 0 Å². The third kappa shape index (κ3) is 3.52. The van der Waals surface area contributed by atoms with Crippen LogP contribution in [0.1, 0.15) is 47.4 Å². The molecule has 1 aromatic heterocycles. The molecule has 2 aromatic carbocycles. The molecule has 30 heavy (non-hydrogen) atoms. The number of hydrogen-bond donors (Lipinski definition) is 1. The third-order valence-corrected chi connectivity index (χ3v) is 6.12. The van der Waals surface area contributed by atoms with Gasteiger partial charge in [-0.2, -0.15) is 0 Å². The number of carbonyl (C=O) groups is 2. The minimum absolute atomic E-state index is 0.0555. The molecular formula is C25H26N2O3. The van der Waals surface area contributed by atoms with Crippen LogP contribution in [0.4, 0.5) is 0 Å². The van der Waals surface area contributed by atoms with Crippen LogP contribution in [0.2, 0.25) is 0 Å². The summed E-state index contributed by atoms with van der Waals surface area (Å²) in [5, 5.41) is 0. The Bertz CT molecular complexity index is 980. The molecule has 1 heterocycles. The maximum absolute atomic E-state index is 13.7. The highest BCUT2D eigenvalue weighted by molar-refractivity contribution is 5.98. The molecule has 3 aromatic rings. The molecule has 2 amide bonds. The van der Waals surface area contributed by atoms with Crippen LogP contribution in [0.3, 0.4) is 0 Å². The summed E-state index contributed by atoms with van der Waals surface area (Å²) in [5.74, 6) is -0.694. The quantitative estimate of drug-likeness (QED) is 0.632. The summed E-state index contributed by atoms with van der Waals surface area (Å²) < 4.78 is 5.44. The molecule has 0 spiro atoms. The second kappa shape index (κ2) is 8.57. The first-order valence-corrected chi connectivity index (χ1v) is 10.4. The van der Waals surface area contributed by atoms with Gasteiger partial charge in [-0.05, 0) is 42.0 Å². The van der Waals surface area contributed by atoms with Gasteiger partial charge in [0.1, 0.15) is 5.54 Å². The van der Waals surface area contributed by atoms with E-state index in [0.717, 1.165) is 36.8 Å². The first-order chi connectivity index (χ1) is 14.6. The molecule has 154 valence electrons. The van der Waals surface area contributed by atoms with Gasteiger partial charge in [0.25, 0.3) is 5.91 Å². The lowest BCUT2D eigenvalue weighted by molar-refractivity contribution is -0.134. The van der Waals surface area contributed by atoms with Gasteiger partial charge in [0, 0.05) is 6.54 Å². The normalized spacial score (nSPS) is 16.1. The Morgan fingerprint density at radius 1 is 0.933 bits per heavy atom. The molecular weight excluding hydrogens is 376 g/mol. The topological polar surface area (TPSA) is 76.5 Å². The van der Waals surface area contributed by atoms with E-state index in [1.165, 1.54) is 6.26 Å². The van der Waals surface area contributed by atoms with Crippen LogP contribution in [-0.2, 0) is 16.9 Å². The number of primary amides is 1. The second-order valence-electron chi connectivity index (χ2n) is 7.83. The van der Waals surface area contributed by atoms with E-state index in [0.29, 0.717) is 0 Å². The summed E-state index contributed by atoms with van der Waals surface area (Å²) in [6.07, 6.45) is 5.18. The maximum atomic E-state index is 13.7. The lowest BCUT2D eigenvalue weighted by Crippen LogP contribution is -2.60. The fraction of sp³-hybridized carbons (Fsp3) is 0.280. The average Bonchev–Trinajstić information content (AvgIpc) is 3.49. The van der Waals surface area contributed by atoms with Crippen LogP contribution in [-0.4, -0.2) is 16.7 Å². The molecule has 2 N–H and O–H groups in total. The van der Waals surface area contributed by atoms with Gasteiger partial charge in [0.05, 0.1) is 6.26 Å². The Kier molecular flexibility index (Phi) is 5.70. The fourth-order valence-corrected chi connectivity index (χ4v) is 4.78. The van der Waals surface area contributed by atoms with E-state index in [2.05, 4.69) is 0 Å². The monoisotopic (exact) mass is 402 g/mol. The van der Waals surface area contributed by atoms with Crippen molar-refractivity contribution in [2.75, 3.05) is 0 Å². The van der Waals surface area contributed by atoms with Crippen molar-refractivity contribution >= 4 is 11.8 Å². The number of carbonyl (C=O) groups excluding carboxylic acids is 2. The van der Waals surface area contributed by atoms with E-state index < -0.39 is 11.4 Å². The summed E-state index contributed by atoms with van der Waals surface area (Å²) in [6, 6.07) is 22.5.